The molecular formula is C15H20N4. The first-order valence-electron chi connectivity index (χ1n) is 6.69. The van der Waals surface area contributed by atoms with Gasteiger partial charge in [0, 0.05) is 11.3 Å². The lowest BCUT2D eigenvalue weighted by atomic mass is 10.1. The maximum absolute atomic E-state index is 5.86. The summed E-state index contributed by atoms with van der Waals surface area (Å²) in [5.41, 5.74) is 9.19. The van der Waals surface area contributed by atoms with Crippen molar-refractivity contribution in [3.63, 3.8) is 0 Å². The van der Waals surface area contributed by atoms with Crippen molar-refractivity contribution in [2.24, 2.45) is 0 Å². The Morgan fingerprint density at radius 3 is 2.47 bits per heavy atom. The number of hydrogen-bond donors (Lipinski definition) is 2. The van der Waals surface area contributed by atoms with Crippen molar-refractivity contribution in [1.29, 1.82) is 0 Å². The van der Waals surface area contributed by atoms with Crippen LogP contribution < -0.4 is 11.1 Å². The van der Waals surface area contributed by atoms with E-state index in [2.05, 4.69) is 46.5 Å². The normalized spacial score (nSPS) is 10.4. The molecule has 0 spiro atoms. The van der Waals surface area contributed by atoms with Crippen molar-refractivity contribution >= 4 is 17.3 Å². The first kappa shape index (κ1) is 13.3. The highest BCUT2D eigenvalue weighted by Gasteiger charge is 2.07. The minimum Gasteiger partial charge on any atom is -0.383 e. The van der Waals surface area contributed by atoms with Crippen molar-refractivity contribution in [1.82, 2.24) is 9.97 Å². The summed E-state index contributed by atoms with van der Waals surface area (Å²) < 4.78 is 0. The van der Waals surface area contributed by atoms with Gasteiger partial charge in [0.2, 0.25) is 0 Å². The van der Waals surface area contributed by atoms with Gasteiger partial charge >= 0.3 is 0 Å². The van der Waals surface area contributed by atoms with Crippen LogP contribution in [-0.2, 0) is 12.8 Å². The summed E-state index contributed by atoms with van der Waals surface area (Å²) in [6.45, 7) is 4.23. The molecular weight excluding hydrogens is 236 g/mol. The molecule has 0 aliphatic rings. The molecule has 0 saturated heterocycles. The molecule has 2 rings (SSSR count). The highest BCUT2D eigenvalue weighted by atomic mass is 15.0. The van der Waals surface area contributed by atoms with Crippen LogP contribution in [0.4, 0.5) is 17.3 Å². The summed E-state index contributed by atoms with van der Waals surface area (Å²) in [6, 6.07) is 8.43. The molecule has 0 radical (unpaired) electrons. The topological polar surface area (TPSA) is 63.8 Å². The number of aromatic nitrogens is 2. The van der Waals surface area contributed by atoms with Gasteiger partial charge in [-0.15, -0.1) is 0 Å². The molecule has 100 valence electrons. The summed E-state index contributed by atoms with van der Waals surface area (Å²) in [6.07, 6.45) is 4.57. The van der Waals surface area contributed by atoms with Gasteiger partial charge in [-0.1, -0.05) is 32.4 Å². The molecule has 4 nitrogen and oxygen atoms in total. The standard InChI is InChI=1S/C15H20N4/c1-3-5-11-6-8-12(9-7-11)19-15-13(4-2)14(16)17-10-18-15/h6-10H,3-5H2,1-2H3,(H3,16,17,18,19). The van der Waals surface area contributed by atoms with Crippen LogP contribution in [0.15, 0.2) is 30.6 Å². The number of aryl methyl sites for hydroxylation is 1. The van der Waals surface area contributed by atoms with Crippen molar-refractivity contribution in [3.8, 4) is 0 Å². The lowest BCUT2D eigenvalue weighted by Crippen LogP contribution is -2.04. The van der Waals surface area contributed by atoms with Gasteiger partial charge in [-0.05, 0) is 30.5 Å². The number of anilines is 3. The first-order valence-corrected chi connectivity index (χ1v) is 6.69. The van der Waals surface area contributed by atoms with Gasteiger partial charge in [-0.3, -0.25) is 0 Å². The fourth-order valence-electron chi connectivity index (χ4n) is 2.06. The molecule has 0 fully saturated rings. The zero-order valence-corrected chi connectivity index (χ0v) is 11.5. The molecule has 0 amide bonds. The highest BCUT2D eigenvalue weighted by molar-refractivity contribution is 5.63. The second-order valence-electron chi connectivity index (χ2n) is 4.51. The second-order valence-corrected chi connectivity index (χ2v) is 4.51. The van der Waals surface area contributed by atoms with Crippen LogP contribution in [0.1, 0.15) is 31.4 Å². The van der Waals surface area contributed by atoms with Crippen molar-refractivity contribution in [2.75, 3.05) is 11.1 Å². The Labute approximate surface area is 114 Å². The molecule has 1 heterocycles. The molecule has 4 heteroatoms. The van der Waals surface area contributed by atoms with E-state index in [0.29, 0.717) is 5.82 Å². The fourth-order valence-corrected chi connectivity index (χ4v) is 2.06. The van der Waals surface area contributed by atoms with E-state index < -0.39 is 0 Å². The zero-order chi connectivity index (χ0) is 13.7. The molecule has 0 aliphatic heterocycles. The van der Waals surface area contributed by atoms with Gasteiger partial charge in [0.1, 0.15) is 18.0 Å². The summed E-state index contributed by atoms with van der Waals surface area (Å²) in [4.78, 5) is 8.28. The summed E-state index contributed by atoms with van der Waals surface area (Å²) in [7, 11) is 0. The molecule has 0 bridgehead atoms. The van der Waals surface area contributed by atoms with E-state index in [0.717, 1.165) is 36.3 Å². The van der Waals surface area contributed by atoms with Gasteiger partial charge in [0.05, 0.1) is 0 Å². The number of nitrogens with one attached hydrogen (secondary N) is 1. The SMILES string of the molecule is CCCc1ccc(Nc2ncnc(N)c2CC)cc1. The van der Waals surface area contributed by atoms with Crippen molar-refractivity contribution < 1.29 is 0 Å². The Balaban J connectivity index is 2.19. The highest BCUT2D eigenvalue weighted by Crippen LogP contribution is 2.22. The summed E-state index contributed by atoms with van der Waals surface area (Å²) in [5, 5.41) is 3.30. The minimum atomic E-state index is 0.544. The van der Waals surface area contributed by atoms with Crippen LogP contribution in [0, 0.1) is 0 Å². The molecule has 0 saturated carbocycles. The van der Waals surface area contributed by atoms with E-state index in [9.17, 15) is 0 Å². The molecule has 2 aromatic rings. The van der Waals surface area contributed by atoms with Gasteiger partial charge < -0.3 is 11.1 Å². The van der Waals surface area contributed by atoms with E-state index in [1.807, 2.05) is 6.92 Å². The number of nitrogens with two attached hydrogens (primary N) is 1. The smallest absolute Gasteiger partial charge is 0.139 e. The van der Waals surface area contributed by atoms with Gasteiger partial charge in [-0.25, -0.2) is 9.97 Å². The van der Waals surface area contributed by atoms with Crippen LogP contribution in [-0.4, -0.2) is 9.97 Å². The molecule has 1 aromatic heterocycles. The van der Waals surface area contributed by atoms with Gasteiger partial charge in [-0.2, -0.15) is 0 Å². The Kier molecular flexibility index (Phi) is 4.34. The number of hydrogen-bond acceptors (Lipinski definition) is 4. The first-order chi connectivity index (χ1) is 9.24. The van der Waals surface area contributed by atoms with Crippen LogP contribution >= 0.6 is 0 Å². The van der Waals surface area contributed by atoms with Gasteiger partial charge in [0.25, 0.3) is 0 Å². The van der Waals surface area contributed by atoms with Crippen LogP contribution in [0.2, 0.25) is 0 Å². The molecule has 3 N–H and O–H groups in total. The third kappa shape index (κ3) is 3.22. The Bertz CT molecular complexity index is 534. The molecule has 0 aliphatic carbocycles. The fraction of sp³-hybridized carbons (Fsp3) is 0.333. The quantitative estimate of drug-likeness (QED) is 0.861. The van der Waals surface area contributed by atoms with E-state index in [-0.39, 0.29) is 0 Å². The summed E-state index contributed by atoms with van der Waals surface area (Å²) in [5.74, 6) is 1.33. The largest absolute Gasteiger partial charge is 0.383 e. The zero-order valence-electron chi connectivity index (χ0n) is 11.5. The predicted molar refractivity (Wildman–Crippen MR) is 79.5 cm³/mol. The number of benzene rings is 1. The Morgan fingerprint density at radius 2 is 1.84 bits per heavy atom. The van der Waals surface area contributed by atoms with E-state index in [1.165, 1.54) is 11.9 Å². The van der Waals surface area contributed by atoms with Crippen LogP contribution in [0.25, 0.3) is 0 Å². The van der Waals surface area contributed by atoms with Gasteiger partial charge in [0.15, 0.2) is 0 Å². The van der Waals surface area contributed by atoms with E-state index >= 15 is 0 Å². The number of rotatable bonds is 5. The average Bonchev–Trinajstić information content (AvgIpc) is 2.42. The lowest BCUT2D eigenvalue weighted by molar-refractivity contribution is 0.922. The average molecular weight is 256 g/mol. The number of nitrogens with zero attached hydrogens (tertiary/aromatic N) is 2. The third-order valence-corrected chi connectivity index (χ3v) is 3.09. The minimum absolute atomic E-state index is 0.544. The molecule has 0 unspecified atom stereocenters. The molecule has 0 atom stereocenters. The maximum atomic E-state index is 5.86. The number of nitrogen functional groups attached to an aromatic ring is 1. The van der Waals surface area contributed by atoms with E-state index in [1.54, 1.807) is 0 Å². The third-order valence-electron chi connectivity index (χ3n) is 3.09. The predicted octanol–water partition coefficient (Wildman–Crippen LogP) is 3.32. The second kappa shape index (κ2) is 6.18. The molecule has 19 heavy (non-hydrogen) atoms. The monoisotopic (exact) mass is 256 g/mol. The lowest BCUT2D eigenvalue weighted by Gasteiger charge is -2.11. The maximum Gasteiger partial charge on any atom is 0.139 e. The molecule has 1 aromatic carbocycles. The summed E-state index contributed by atoms with van der Waals surface area (Å²) >= 11 is 0. The van der Waals surface area contributed by atoms with E-state index in [4.69, 9.17) is 5.73 Å². The van der Waals surface area contributed by atoms with Crippen molar-refractivity contribution in [2.45, 2.75) is 33.1 Å². The van der Waals surface area contributed by atoms with Crippen LogP contribution in [0.3, 0.4) is 0 Å². The Morgan fingerprint density at radius 1 is 1.11 bits per heavy atom. The van der Waals surface area contributed by atoms with Crippen molar-refractivity contribution in [3.05, 3.63) is 41.7 Å². The van der Waals surface area contributed by atoms with Crippen LogP contribution in [0.5, 0.6) is 0 Å². The Hall–Kier alpha value is -2.10.